The molecule has 114 valence electrons. The van der Waals surface area contributed by atoms with Gasteiger partial charge in [-0.1, -0.05) is 43.2 Å². The lowest BCUT2D eigenvalue weighted by atomic mass is 9.92. The number of hydrogen-bond acceptors (Lipinski definition) is 3. The van der Waals surface area contributed by atoms with Crippen molar-refractivity contribution < 1.29 is 4.79 Å². The van der Waals surface area contributed by atoms with Gasteiger partial charge in [-0.15, -0.1) is 0 Å². The van der Waals surface area contributed by atoms with Gasteiger partial charge in [-0.25, -0.2) is 0 Å². The highest BCUT2D eigenvalue weighted by Gasteiger charge is 2.36. The second-order valence-corrected chi connectivity index (χ2v) is 7.42. The highest BCUT2D eigenvalue weighted by Crippen LogP contribution is 2.36. The third-order valence-corrected chi connectivity index (χ3v) is 6.07. The number of thioether (sulfide) groups is 1. The van der Waals surface area contributed by atoms with Crippen LogP contribution in [-0.2, 0) is 4.79 Å². The number of nitrogens with zero attached hydrogens (tertiary/aromatic N) is 1. The van der Waals surface area contributed by atoms with Gasteiger partial charge in [0.2, 0.25) is 5.91 Å². The van der Waals surface area contributed by atoms with Crippen LogP contribution >= 0.6 is 11.8 Å². The molecule has 0 aromatic heterocycles. The zero-order valence-electron chi connectivity index (χ0n) is 12.4. The number of fused-ring (bicyclic) bond motifs is 1. The summed E-state index contributed by atoms with van der Waals surface area (Å²) in [5.74, 6) is 1.32. The first-order valence-corrected chi connectivity index (χ1v) is 9.02. The van der Waals surface area contributed by atoms with E-state index in [4.69, 9.17) is 5.73 Å². The number of carbonyl (C=O) groups excluding carboxylic acids is 1. The fourth-order valence-electron chi connectivity index (χ4n) is 3.53. The van der Waals surface area contributed by atoms with E-state index in [0.717, 1.165) is 17.9 Å². The molecule has 3 nitrogen and oxygen atoms in total. The van der Waals surface area contributed by atoms with E-state index >= 15 is 0 Å². The molecule has 1 aromatic carbocycles. The summed E-state index contributed by atoms with van der Waals surface area (Å²) in [6.45, 7) is 0.895. The smallest absolute Gasteiger partial charge is 0.224 e. The number of nitrogens with two attached hydrogens (primary N) is 1. The Balaban J connectivity index is 1.64. The number of benzene rings is 1. The Morgan fingerprint density at radius 1 is 1.29 bits per heavy atom. The summed E-state index contributed by atoms with van der Waals surface area (Å²) in [6, 6.07) is 10.2. The van der Waals surface area contributed by atoms with Crippen LogP contribution in [-0.4, -0.2) is 34.4 Å². The fraction of sp³-hybridized carbons (Fsp3) is 0.588. The Kier molecular flexibility index (Phi) is 4.86. The lowest BCUT2D eigenvalue weighted by Gasteiger charge is -2.44. The Hall–Kier alpha value is -1.00. The van der Waals surface area contributed by atoms with Gasteiger partial charge in [-0.3, -0.25) is 4.79 Å². The normalized spacial score (nSPS) is 27.0. The molecule has 3 atom stereocenters. The highest BCUT2D eigenvalue weighted by atomic mass is 32.2. The molecule has 1 aliphatic heterocycles. The molecule has 21 heavy (non-hydrogen) atoms. The van der Waals surface area contributed by atoms with Crippen molar-refractivity contribution in [2.24, 2.45) is 5.73 Å². The first kappa shape index (κ1) is 14.9. The van der Waals surface area contributed by atoms with E-state index < -0.39 is 0 Å². The molecule has 0 radical (unpaired) electrons. The molecule has 4 heteroatoms. The van der Waals surface area contributed by atoms with Crippen LogP contribution in [0.5, 0.6) is 0 Å². The van der Waals surface area contributed by atoms with E-state index in [0.29, 0.717) is 17.7 Å². The first-order chi connectivity index (χ1) is 10.3. The molecule has 2 aliphatic rings. The number of hydrogen-bond donors (Lipinski definition) is 1. The van der Waals surface area contributed by atoms with Gasteiger partial charge in [-0.2, -0.15) is 11.8 Å². The zero-order valence-corrected chi connectivity index (χ0v) is 13.2. The Morgan fingerprint density at radius 3 is 2.86 bits per heavy atom. The van der Waals surface area contributed by atoms with E-state index in [1.807, 2.05) is 30.3 Å². The Bertz CT molecular complexity index is 477. The molecule has 1 aromatic rings. The molecule has 0 spiro atoms. The molecule has 1 saturated carbocycles. The molecule has 2 N–H and O–H groups in total. The summed E-state index contributed by atoms with van der Waals surface area (Å²) in [4.78, 5) is 14.8. The average molecular weight is 304 g/mol. The largest absolute Gasteiger partial charge is 0.338 e. The lowest BCUT2D eigenvalue weighted by Crippen LogP contribution is -2.52. The molecular weight excluding hydrogens is 280 g/mol. The minimum absolute atomic E-state index is 0.185. The highest BCUT2D eigenvalue weighted by molar-refractivity contribution is 8.00. The van der Waals surface area contributed by atoms with Crippen molar-refractivity contribution in [1.82, 2.24) is 4.90 Å². The molecule has 3 rings (SSSR count). The summed E-state index contributed by atoms with van der Waals surface area (Å²) < 4.78 is 0. The van der Waals surface area contributed by atoms with Crippen LogP contribution in [0.1, 0.15) is 43.7 Å². The van der Waals surface area contributed by atoms with Crippen molar-refractivity contribution >= 4 is 17.7 Å². The van der Waals surface area contributed by atoms with Gasteiger partial charge >= 0.3 is 0 Å². The van der Waals surface area contributed by atoms with Crippen molar-refractivity contribution in [3.63, 3.8) is 0 Å². The van der Waals surface area contributed by atoms with Gasteiger partial charge in [0.15, 0.2) is 0 Å². The predicted octanol–water partition coefficient (Wildman–Crippen LogP) is 2.96. The molecular formula is C17H24N2OS. The summed E-state index contributed by atoms with van der Waals surface area (Å²) in [5.41, 5.74) is 7.27. The van der Waals surface area contributed by atoms with Crippen LogP contribution in [0, 0.1) is 0 Å². The number of rotatable bonds is 3. The van der Waals surface area contributed by atoms with E-state index in [9.17, 15) is 4.79 Å². The van der Waals surface area contributed by atoms with Crippen LogP contribution in [0.15, 0.2) is 30.3 Å². The van der Waals surface area contributed by atoms with Gasteiger partial charge in [0, 0.05) is 36.1 Å². The van der Waals surface area contributed by atoms with Gasteiger partial charge in [-0.05, 0) is 18.4 Å². The molecule has 1 heterocycles. The average Bonchev–Trinajstić information content (AvgIpc) is 2.55. The molecule has 3 unspecified atom stereocenters. The maximum atomic E-state index is 12.7. The summed E-state index contributed by atoms with van der Waals surface area (Å²) in [7, 11) is 0. The monoisotopic (exact) mass is 304 g/mol. The van der Waals surface area contributed by atoms with Crippen LogP contribution in [0.2, 0.25) is 0 Å². The predicted molar refractivity (Wildman–Crippen MR) is 88.2 cm³/mol. The molecule has 1 saturated heterocycles. The molecule has 1 amide bonds. The maximum absolute atomic E-state index is 12.7. The van der Waals surface area contributed by atoms with Crippen LogP contribution < -0.4 is 5.73 Å². The second-order valence-electron chi connectivity index (χ2n) is 6.07. The Morgan fingerprint density at radius 2 is 2.05 bits per heavy atom. The first-order valence-electron chi connectivity index (χ1n) is 7.97. The van der Waals surface area contributed by atoms with Gasteiger partial charge in [0.05, 0.1) is 0 Å². The fourth-order valence-corrected chi connectivity index (χ4v) is 4.97. The summed E-state index contributed by atoms with van der Waals surface area (Å²) in [6.07, 6.45) is 5.45. The summed E-state index contributed by atoms with van der Waals surface area (Å²) >= 11 is 2.06. The molecule has 1 aliphatic carbocycles. The van der Waals surface area contributed by atoms with Crippen molar-refractivity contribution in [3.8, 4) is 0 Å². The quantitative estimate of drug-likeness (QED) is 0.934. The molecule has 2 fully saturated rings. The van der Waals surface area contributed by atoms with Crippen LogP contribution in [0.25, 0.3) is 0 Å². The maximum Gasteiger partial charge on any atom is 0.224 e. The van der Waals surface area contributed by atoms with E-state index in [1.54, 1.807) is 0 Å². The zero-order chi connectivity index (χ0) is 14.7. The molecule has 0 bridgehead atoms. The Labute approximate surface area is 131 Å². The van der Waals surface area contributed by atoms with Crippen LogP contribution in [0.3, 0.4) is 0 Å². The topological polar surface area (TPSA) is 46.3 Å². The lowest BCUT2D eigenvalue weighted by molar-refractivity contribution is -0.134. The number of amides is 1. The SMILES string of the molecule is NC(CC(=O)N1CCSC2CCCCC21)c1ccccc1. The van der Waals surface area contributed by atoms with E-state index in [-0.39, 0.29) is 11.9 Å². The van der Waals surface area contributed by atoms with Gasteiger partial charge in [0.25, 0.3) is 0 Å². The minimum atomic E-state index is -0.185. The van der Waals surface area contributed by atoms with E-state index in [1.165, 1.54) is 25.7 Å². The van der Waals surface area contributed by atoms with Crippen molar-refractivity contribution in [2.75, 3.05) is 12.3 Å². The van der Waals surface area contributed by atoms with Crippen molar-refractivity contribution in [2.45, 2.75) is 49.4 Å². The van der Waals surface area contributed by atoms with Crippen molar-refractivity contribution in [1.29, 1.82) is 0 Å². The van der Waals surface area contributed by atoms with Gasteiger partial charge < -0.3 is 10.6 Å². The third-order valence-electron chi connectivity index (χ3n) is 4.67. The van der Waals surface area contributed by atoms with Crippen LogP contribution in [0.4, 0.5) is 0 Å². The third kappa shape index (κ3) is 3.43. The van der Waals surface area contributed by atoms with Gasteiger partial charge in [0.1, 0.15) is 0 Å². The second kappa shape index (κ2) is 6.84. The standard InChI is InChI=1S/C17H24N2OS/c18-14(13-6-2-1-3-7-13)12-17(20)19-10-11-21-16-9-5-4-8-15(16)19/h1-3,6-7,14-16H,4-5,8-12,18H2. The van der Waals surface area contributed by atoms with E-state index in [2.05, 4.69) is 16.7 Å². The minimum Gasteiger partial charge on any atom is -0.338 e. The summed E-state index contributed by atoms with van der Waals surface area (Å²) in [5, 5.41) is 0.657. The van der Waals surface area contributed by atoms with Crippen molar-refractivity contribution in [3.05, 3.63) is 35.9 Å². The number of carbonyl (C=O) groups is 1.